The van der Waals surface area contributed by atoms with Crippen molar-refractivity contribution in [2.24, 2.45) is 0 Å². The molecule has 0 radical (unpaired) electrons. The van der Waals surface area contributed by atoms with Crippen molar-refractivity contribution in [3.05, 3.63) is 117 Å². The SMILES string of the molecule is Cc1ccc(-c2coc3cc(C)cc(O)c3c2=O)cc1.Cc1ccc(C2COc3cc(O)cc(O)c3C2=O)cc1. The average molecular weight is 537 g/mol. The van der Waals surface area contributed by atoms with Crippen LogP contribution in [0.25, 0.3) is 22.1 Å². The topological polar surface area (TPSA) is 117 Å². The van der Waals surface area contributed by atoms with Crippen LogP contribution in [-0.2, 0) is 0 Å². The summed E-state index contributed by atoms with van der Waals surface area (Å²) in [7, 11) is 0. The smallest absolute Gasteiger partial charge is 0.204 e. The molecule has 0 fully saturated rings. The number of carbonyl (C=O) groups is 1. The number of fused-ring (bicyclic) bond motifs is 2. The van der Waals surface area contributed by atoms with Crippen molar-refractivity contribution in [2.45, 2.75) is 26.7 Å². The normalized spacial score (nSPS) is 14.2. The number of aromatic hydroxyl groups is 3. The number of phenolic OH excluding ortho intramolecular Hbond substituents is 3. The van der Waals surface area contributed by atoms with Crippen LogP contribution in [0.1, 0.15) is 38.5 Å². The number of hydrogen-bond donors (Lipinski definition) is 3. The maximum absolute atomic E-state index is 12.5. The van der Waals surface area contributed by atoms with E-state index >= 15 is 0 Å². The molecule has 0 aliphatic carbocycles. The minimum Gasteiger partial charge on any atom is -0.508 e. The Morgan fingerprint density at radius 1 is 0.750 bits per heavy atom. The van der Waals surface area contributed by atoms with Crippen molar-refractivity contribution in [3.63, 3.8) is 0 Å². The minimum absolute atomic E-state index is 0.0392. The number of ether oxygens (including phenoxy) is 1. The van der Waals surface area contributed by atoms with Crippen molar-refractivity contribution in [3.8, 4) is 34.1 Å². The number of carbonyl (C=O) groups excluding carboxylic acids is 1. The van der Waals surface area contributed by atoms with Crippen LogP contribution in [0.15, 0.2) is 88.3 Å². The second kappa shape index (κ2) is 10.6. The predicted molar refractivity (Wildman–Crippen MR) is 153 cm³/mol. The molecule has 0 bridgehead atoms. The lowest BCUT2D eigenvalue weighted by Crippen LogP contribution is -2.26. The Hall–Kier alpha value is -5.04. The highest BCUT2D eigenvalue weighted by molar-refractivity contribution is 6.06. The summed E-state index contributed by atoms with van der Waals surface area (Å²) in [5, 5.41) is 29.5. The molecule has 1 aromatic heterocycles. The van der Waals surface area contributed by atoms with Crippen LogP contribution < -0.4 is 10.2 Å². The maximum atomic E-state index is 12.5. The summed E-state index contributed by atoms with van der Waals surface area (Å²) >= 11 is 0. The lowest BCUT2D eigenvalue weighted by Gasteiger charge is -2.25. The van der Waals surface area contributed by atoms with Crippen LogP contribution in [0.2, 0.25) is 0 Å². The largest absolute Gasteiger partial charge is 0.508 e. The molecule has 1 unspecified atom stereocenters. The highest BCUT2D eigenvalue weighted by atomic mass is 16.5. The molecule has 7 nitrogen and oxygen atoms in total. The monoisotopic (exact) mass is 536 g/mol. The highest BCUT2D eigenvalue weighted by Gasteiger charge is 2.33. The van der Waals surface area contributed by atoms with Gasteiger partial charge in [-0.25, -0.2) is 0 Å². The Balaban J connectivity index is 0.000000161. The minimum atomic E-state index is -0.432. The molecule has 4 aromatic carbocycles. The van der Waals surface area contributed by atoms with Crippen LogP contribution in [0, 0.1) is 20.8 Å². The van der Waals surface area contributed by atoms with E-state index < -0.39 is 5.92 Å². The first kappa shape index (κ1) is 26.6. The third kappa shape index (κ3) is 5.14. The lowest BCUT2D eigenvalue weighted by molar-refractivity contribution is 0.0892. The zero-order valence-electron chi connectivity index (χ0n) is 22.3. The maximum Gasteiger partial charge on any atom is 0.204 e. The molecular formula is C33H28O7. The number of ketones is 1. The van der Waals surface area contributed by atoms with E-state index in [0.717, 1.165) is 33.9 Å². The second-order valence-corrected chi connectivity index (χ2v) is 9.98. The van der Waals surface area contributed by atoms with E-state index in [9.17, 15) is 24.9 Å². The van der Waals surface area contributed by atoms with Crippen molar-refractivity contribution in [1.29, 1.82) is 0 Å². The van der Waals surface area contributed by atoms with Gasteiger partial charge in [-0.15, -0.1) is 0 Å². The van der Waals surface area contributed by atoms with Gasteiger partial charge in [0.05, 0.1) is 11.5 Å². The summed E-state index contributed by atoms with van der Waals surface area (Å²) in [5.74, 6) is -0.797. The molecule has 2 heterocycles. The number of aryl methyl sites for hydroxylation is 3. The standard InChI is InChI=1S/C17H14O3.C16H14O4/c1-10-3-5-12(6-4-10)13-9-20-15-8-11(2)7-14(18)16(15)17(13)19;1-9-2-4-10(5-3-9)12-8-20-14-7-11(17)6-13(18)15(14)16(12)19/h3-9,18H,1-2H3;2-7,12,17-18H,8H2,1H3. The molecule has 6 rings (SSSR count). The van der Waals surface area contributed by atoms with Gasteiger partial charge in [0.2, 0.25) is 5.43 Å². The van der Waals surface area contributed by atoms with Crippen molar-refractivity contribution in [2.75, 3.05) is 6.61 Å². The van der Waals surface area contributed by atoms with E-state index in [4.69, 9.17) is 9.15 Å². The Bertz CT molecular complexity index is 1780. The lowest BCUT2D eigenvalue weighted by atomic mass is 9.88. The summed E-state index contributed by atoms with van der Waals surface area (Å²) in [6.07, 6.45) is 1.45. The number of phenols is 3. The molecule has 1 aliphatic heterocycles. The first-order chi connectivity index (χ1) is 19.1. The summed E-state index contributed by atoms with van der Waals surface area (Å²) in [6.45, 7) is 6.01. The van der Waals surface area contributed by atoms with Gasteiger partial charge in [0.1, 0.15) is 52.4 Å². The molecule has 0 saturated carbocycles. The molecule has 40 heavy (non-hydrogen) atoms. The van der Waals surface area contributed by atoms with E-state index in [1.165, 1.54) is 12.3 Å². The summed E-state index contributed by atoms with van der Waals surface area (Å²) in [5.41, 5.74) is 5.52. The zero-order chi connectivity index (χ0) is 28.6. The van der Waals surface area contributed by atoms with Crippen LogP contribution in [-0.4, -0.2) is 27.7 Å². The van der Waals surface area contributed by atoms with E-state index in [0.29, 0.717) is 11.1 Å². The molecule has 7 heteroatoms. The van der Waals surface area contributed by atoms with E-state index in [-0.39, 0.29) is 51.8 Å². The van der Waals surface area contributed by atoms with Gasteiger partial charge in [0.15, 0.2) is 5.78 Å². The number of benzene rings is 4. The Labute approximate surface area is 230 Å². The zero-order valence-corrected chi connectivity index (χ0v) is 22.3. The van der Waals surface area contributed by atoms with E-state index in [1.807, 2.05) is 69.3 Å². The third-order valence-corrected chi connectivity index (χ3v) is 6.88. The molecule has 0 spiro atoms. The van der Waals surface area contributed by atoms with Crippen molar-refractivity contribution in [1.82, 2.24) is 0 Å². The first-order valence-corrected chi connectivity index (χ1v) is 12.7. The van der Waals surface area contributed by atoms with Crippen LogP contribution in [0.4, 0.5) is 0 Å². The first-order valence-electron chi connectivity index (χ1n) is 12.7. The van der Waals surface area contributed by atoms with Crippen LogP contribution >= 0.6 is 0 Å². The second-order valence-electron chi connectivity index (χ2n) is 9.98. The van der Waals surface area contributed by atoms with Gasteiger partial charge in [0.25, 0.3) is 0 Å². The van der Waals surface area contributed by atoms with Crippen LogP contribution in [0.5, 0.6) is 23.0 Å². The molecule has 0 saturated heterocycles. The van der Waals surface area contributed by atoms with Crippen molar-refractivity contribution >= 4 is 16.8 Å². The Morgan fingerprint density at radius 2 is 1.40 bits per heavy atom. The number of Topliss-reactive ketones (excluding diaryl/α,β-unsaturated/α-hetero) is 1. The molecular weight excluding hydrogens is 508 g/mol. The quantitative estimate of drug-likeness (QED) is 0.234. The highest BCUT2D eigenvalue weighted by Crippen LogP contribution is 2.40. The Morgan fingerprint density at radius 3 is 2.08 bits per heavy atom. The summed E-state index contributed by atoms with van der Waals surface area (Å²) < 4.78 is 11.0. The summed E-state index contributed by atoms with van der Waals surface area (Å²) in [6, 6.07) is 21.1. The molecule has 0 amide bonds. The third-order valence-electron chi connectivity index (χ3n) is 6.88. The molecule has 3 N–H and O–H groups in total. The van der Waals surface area contributed by atoms with Crippen LogP contribution in [0.3, 0.4) is 0 Å². The van der Waals surface area contributed by atoms with Gasteiger partial charge in [-0.2, -0.15) is 0 Å². The summed E-state index contributed by atoms with van der Waals surface area (Å²) in [4.78, 5) is 25.0. The van der Waals surface area contributed by atoms with E-state index in [1.54, 1.807) is 12.1 Å². The predicted octanol–water partition coefficient (Wildman–Crippen LogP) is 6.55. The van der Waals surface area contributed by atoms with Gasteiger partial charge < -0.3 is 24.5 Å². The van der Waals surface area contributed by atoms with E-state index in [2.05, 4.69) is 0 Å². The molecule has 5 aromatic rings. The molecule has 1 aliphatic rings. The average Bonchev–Trinajstić information content (AvgIpc) is 2.90. The fraction of sp³-hybridized carbons (Fsp3) is 0.152. The molecule has 1 atom stereocenters. The van der Waals surface area contributed by atoms with Crippen molar-refractivity contribution < 1.29 is 29.3 Å². The fourth-order valence-corrected chi connectivity index (χ4v) is 4.72. The van der Waals surface area contributed by atoms with Gasteiger partial charge >= 0.3 is 0 Å². The van der Waals surface area contributed by atoms with Gasteiger partial charge in [-0.3, -0.25) is 9.59 Å². The van der Waals surface area contributed by atoms with Gasteiger partial charge in [-0.1, -0.05) is 59.7 Å². The van der Waals surface area contributed by atoms with Gasteiger partial charge in [0, 0.05) is 12.1 Å². The molecule has 202 valence electrons. The number of hydrogen-bond acceptors (Lipinski definition) is 7. The Kier molecular flexibility index (Phi) is 7.05. The number of rotatable bonds is 2. The fourth-order valence-electron chi connectivity index (χ4n) is 4.72. The van der Waals surface area contributed by atoms with Gasteiger partial charge in [-0.05, 0) is 49.6 Å².